The molecule has 0 bridgehead atoms. The Kier molecular flexibility index (Phi) is 6.33. The molecular weight excluding hydrogens is 468 g/mol. The normalized spacial score (nSPS) is 20.0. The third kappa shape index (κ3) is 4.32. The van der Waals surface area contributed by atoms with Gasteiger partial charge in [0.05, 0.1) is 22.6 Å². The van der Waals surface area contributed by atoms with E-state index >= 15 is 0 Å². The van der Waals surface area contributed by atoms with Gasteiger partial charge < -0.3 is 19.6 Å². The Morgan fingerprint density at radius 3 is 2.71 bits per heavy atom. The van der Waals surface area contributed by atoms with E-state index in [2.05, 4.69) is 20.8 Å². The van der Waals surface area contributed by atoms with Crippen LogP contribution in [0.25, 0.3) is 10.9 Å². The Morgan fingerprint density at radius 2 is 1.89 bits per heavy atom. The molecule has 0 radical (unpaired) electrons. The van der Waals surface area contributed by atoms with Crippen LogP contribution < -0.4 is 14.5 Å². The number of carboxylic acid groups (broad SMARTS) is 1. The van der Waals surface area contributed by atoms with Gasteiger partial charge in [0.2, 0.25) is 0 Å². The number of rotatable bonds is 3. The van der Waals surface area contributed by atoms with Crippen molar-refractivity contribution >= 4 is 38.8 Å². The van der Waals surface area contributed by atoms with Crippen LogP contribution in [0, 0.1) is 0 Å². The van der Waals surface area contributed by atoms with E-state index in [-0.39, 0.29) is 11.4 Å². The van der Waals surface area contributed by atoms with E-state index in [0.717, 1.165) is 42.9 Å². The molecule has 1 atom stereocenters. The van der Waals surface area contributed by atoms with Crippen LogP contribution in [0.3, 0.4) is 0 Å². The predicted octanol–water partition coefficient (Wildman–Crippen LogP) is 2.69. The minimum Gasteiger partial charge on any atom is -0.490 e. The van der Waals surface area contributed by atoms with E-state index < -0.39 is 10.0 Å². The molecule has 3 aromatic rings. The summed E-state index contributed by atoms with van der Waals surface area (Å²) >= 11 is 0. The van der Waals surface area contributed by atoms with Gasteiger partial charge in [0.1, 0.15) is 12.4 Å². The van der Waals surface area contributed by atoms with Crippen molar-refractivity contribution < 1.29 is 23.1 Å². The standard InChI is InChI=1S/C24H28N4O3S.CH2O2/c1-25-13-14-31-24-16-21(6-7-22(24)25)32(29,30)28-10-8-18-4-5-19(15-23(18)28)27-12-11-26-9-2-3-20(26)17-27;2-1-3/h4-8,10,15-16,20H,2-3,9,11-14,17H2,1H3;1H,(H,2,3). The van der Waals surface area contributed by atoms with E-state index in [1.54, 1.807) is 18.3 Å². The van der Waals surface area contributed by atoms with Gasteiger partial charge in [0.25, 0.3) is 16.5 Å². The number of piperazine rings is 1. The molecular formula is C25H30N4O5S. The molecule has 0 spiro atoms. The summed E-state index contributed by atoms with van der Waals surface area (Å²) in [4.78, 5) is 15.7. The summed E-state index contributed by atoms with van der Waals surface area (Å²) in [6.45, 7) is 5.36. The molecule has 2 aromatic carbocycles. The number of aromatic nitrogens is 1. The van der Waals surface area contributed by atoms with Crippen LogP contribution in [0.5, 0.6) is 5.75 Å². The first-order valence-corrected chi connectivity index (χ1v) is 13.3. The minimum absolute atomic E-state index is 0.244. The van der Waals surface area contributed by atoms with Gasteiger partial charge in [-0.3, -0.25) is 9.69 Å². The summed E-state index contributed by atoms with van der Waals surface area (Å²) in [5.74, 6) is 0.617. The van der Waals surface area contributed by atoms with Gasteiger partial charge in [-0.2, -0.15) is 0 Å². The molecule has 3 aliphatic rings. The molecule has 35 heavy (non-hydrogen) atoms. The number of anilines is 2. The molecule has 2 fully saturated rings. The molecule has 1 unspecified atom stereocenters. The molecule has 0 aliphatic carbocycles. The number of likely N-dealkylation sites (N-methyl/N-ethyl adjacent to an activating group) is 1. The van der Waals surface area contributed by atoms with Gasteiger partial charge >= 0.3 is 0 Å². The number of benzene rings is 2. The van der Waals surface area contributed by atoms with Crippen LogP contribution >= 0.6 is 0 Å². The highest BCUT2D eigenvalue weighted by Crippen LogP contribution is 2.35. The van der Waals surface area contributed by atoms with Gasteiger partial charge in [-0.05, 0) is 49.7 Å². The quantitative estimate of drug-likeness (QED) is 0.551. The lowest BCUT2D eigenvalue weighted by atomic mass is 10.1. The number of nitrogens with zero attached hydrogens (tertiary/aromatic N) is 4. The second-order valence-corrected chi connectivity index (χ2v) is 11.0. The van der Waals surface area contributed by atoms with Crippen LogP contribution in [-0.2, 0) is 14.8 Å². The van der Waals surface area contributed by atoms with Gasteiger partial charge in [-0.1, -0.05) is 6.07 Å². The Bertz CT molecular complexity index is 1340. The van der Waals surface area contributed by atoms with Crippen LogP contribution in [0.1, 0.15) is 12.8 Å². The maximum absolute atomic E-state index is 13.6. The van der Waals surface area contributed by atoms with Crippen molar-refractivity contribution in [3.63, 3.8) is 0 Å². The average molecular weight is 499 g/mol. The first-order valence-electron chi connectivity index (χ1n) is 11.8. The number of hydrogen-bond donors (Lipinski definition) is 1. The zero-order valence-electron chi connectivity index (χ0n) is 19.7. The summed E-state index contributed by atoms with van der Waals surface area (Å²) in [5.41, 5.74) is 2.72. The topological polar surface area (TPSA) is 95.3 Å². The summed E-state index contributed by atoms with van der Waals surface area (Å²) in [6.07, 6.45) is 4.18. The zero-order chi connectivity index (χ0) is 24.6. The lowest BCUT2D eigenvalue weighted by Crippen LogP contribution is -2.50. The Balaban J connectivity index is 0.000000806. The molecule has 4 heterocycles. The SMILES string of the molecule is CN1CCOc2cc(S(=O)(=O)n3ccc4ccc(N5CCN6CCCC6C5)cc43)ccc21.O=CO. The van der Waals surface area contributed by atoms with Crippen LogP contribution in [0.2, 0.25) is 0 Å². The van der Waals surface area contributed by atoms with E-state index in [1.165, 1.54) is 23.4 Å². The fourth-order valence-corrected chi connectivity index (χ4v) is 6.70. The molecule has 2 saturated heterocycles. The molecule has 9 nitrogen and oxygen atoms in total. The fourth-order valence-electron chi connectivity index (χ4n) is 5.34. The maximum atomic E-state index is 13.6. The number of ether oxygens (including phenoxy) is 1. The minimum atomic E-state index is -3.74. The fraction of sp³-hybridized carbons (Fsp3) is 0.400. The molecule has 0 amide bonds. The van der Waals surface area contributed by atoms with E-state index in [9.17, 15) is 8.42 Å². The third-order valence-electron chi connectivity index (χ3n) is 7.18. The molecule has 1 aromatic heterocycles. The Labute approximate surface area is 205 Å². The summed E-state index contributed by atoms with van der Waals surface area (Å²) in [7, 11) is -1.76. The first kappa shape index (κ1) is 23.5. The third-order valence-corrected chi connectivity index (χ3v) is 8.86. The number of hydrogen-bond acceptors (Lipinski definition) is 7. The second kappa shape index (κ2) is 9.43. The van der Waals surface area contributed by atoms with Crippen molar-refractivity contribution in [2.45, 2.75) is 23.8 Å². The Hall–Kier alpha value is -3.24. The van der Waals surface area contributed by atoms with Crippen molar-refractivity contribution in [2.24, 2.45) is 0 Å². The van der Waals surface area contributed by atoms with Crippen LogP contribution in [0.15, 0.2) is 53.6 Å². The van der Waals surface area contributed by atoms with E-state index in [0.29, 0.717) is 23.9 Å². The van der Waals surface area contributed by atoms with Gasteiger partial charge in [-0.15, -0.1) is 0 Å². The summed E-state index contributed by atoms with van der Waals surface area (Å²) in [6, 6.07) is 13.8. The molecule has 1 N–H and O–H groups in total. The van der Waals surface area contributed by atoms with E-state index in [4.69, 9.17) is 14.6 Å². The zero-order valence-corrected chi connectivity index (χ0v) is 20.5. The highest BCUT2D eigenvalue weighted by atomic mass is 32.2. The van der Waals surface area contributed by atoms with Crippen LogP contribution in [0.4, 0.5) is 11.4 Å². The maximum Gasteiger partial charge on any atom is 0.290 e. The highest BCUT2D eigenvalue weighted by Gasteiger charge is 2.31. The monoisotopic (exact) mass is 498 g/mol. The second-order valence-electron chi connectivity index (χ2n) is 9.14. The molecule has 0 saturated carbocycles. The van der Waals surface area contributed by atoms with Gasteiger partial charge in [0, 0.05) is 56.1 Å². The van der Waals surface area contributed by atoms with E-state index in [1.807, 2.05) is 31.3 Å². The van der Waals surface area contributed by atoms with Gasteiger partial charge in [0.15, 0.2) is 0 Å². The molecule has 10 heteroatoms. The molecule has 6 rings (SSSR count). The first-order chi connectivity index (χ1) is 16.9. The van der Waals surface area contributed by atoms with Gasteiger partial charge in [-0.25, -0.2) is 12.4 Å². The smallest absolute Gasteiger partial charge is 0.290 e. The number of carbonyl (C=O) groups is 1. The van der Waals surface area contributed by atoms with Crippen molar-refractivity contribution in [1.82, 2.24) is 8.87 Å². The van der Waals surface area contributed by atoms with Crippen molar-refractivity contribution in [3.8, 4) is 5.75 Å². The highest BCUT2D eigenvalue weighted by molar-refractivity contribution is 7.90. The average Bonchev–Trinajstić information content (AvgIpc) is 3.51. The Morgan fingerprint density at radius 1 is 1.06 bits per heavy atom. The number of fused-ring (bicyclic) bond motifs is 3. The van der Waals surface area contributed by atoms with Crippen molar-refractivity contribution in [2.75, 3.05) is 56.2 Å². The predicted molar refractivity (Wildman–Crippen MR) is 135 cm³/mol. The van der Waals surface area contributed by atoms with Crippen LogP contribution in [-0.4, -0.2) is 81.3 Å². The molecule has 3 aliphatic heterocycles. The lowest BCUT2D eigenvalue weighted by molar-refractivity contribution is -0.122. The van der Waals surface area contributed by atoms with Crippen molar-refractivity contribution in [3.05, 3.63) is 48.7 Å². The lowest BCUT2D eigenvalue weighted by Gasteiger charge is -2.38. The summed E-state index contributed by atoms with van der Waals surface area (Å²) in [5, 5.41) is 7.81. The summed E-state index contributed by atoms with van der Waals surface area (Å²) < 4.78 is 34.3. The molecule has 186 valence electrons. The van der Waals surface area contributed by atoms with Crippen molar-refractivity contribution in [1.29, 1.82) is 0 Å². The largest absolute Gasteiger partial charge is 0.490 e.